The Morgan fingerprint density at radius 3 is 2.72 bits per heavy atom. The fourth-order valence-corrected chi connectivity index (χ4v) is 3.27. The van der Waals surface area contributed by atoms with Crippen LogP contribution in [-0.2, 0) is 14.3 Å². The van der Waals surface area contributed by atoms with Gasteiger partial charge in [0.15, 0.2) is 0 Å². The molecule has 18 heavy (non-hydrogen) atoms. The molecule has 2 atom stereocenters. The zero-order chi connectivity index (χ0) is 13.0. The first-order valence-corrected chi connectivity index (χ1v) is 7.17. The van der Waals surface area contributed by atoms with Crippen molar-refractivity contribution in [2.45, 2.75) is 57.9 Å². The zero-order valence-electron chi connectivity index (χ0n) is 11.2. The third kappa shape index (κ3) is 3.03. The monoisotopic (exact) mass is 253 g/mol. The quantitative estimate of drug-likeness (QED) is 0.724. The van der Waals surface area contributed by atoms with Crippen molar-refractivity contribution in [3.8, 4) is 0 Å². The number of fused-ring (bicyclic) bond motifs is 1. The third-order valence-corrected chi connectivity index (χ3v) is 4.13. The SMILES string of the molecule is CCOC(=O)CN1C(=O)CC2CCCCCCC21. The highest BCUT2D eigenvalue weighted by molar-refractivity contribution is 5.84. The van der Waals surface area contributed by atoms with Gasteiger partial charge in [-0.25, -0.2) is 0 Å². The van der Waals surface area contributed by atoms with E-state index < -0.39 is 0 Å². The molecule has 2 aliphatic rings. The lowest BCUT2D eigenvalue weighted by Gasteiger charge is -2.29. The molecular weight excluding hydrogens is 230 g/mol. The van der Waals surface area contributed by atoms with Crippen molar-refractivity contribution in [2.24, 2.45) is 5.92 Å². The molecule has 4 nitrogen and oxygen atoms in total. The van der Waals surface area contributed by atoms with Crippen LogP contribution in [0, 0.1) is 5.92 Å². The molecule has 0 aromatic carbocycles. The van der Waals surface area contributed by atoms with E-state index in [1.165, 1.54) is 25.7 Å². The maximum absolute atomic E-state index is 12.0. The summed E-state index contributed by atoms with van der Waals surface area (Å²) in [7, 11) is 0. The van der Waals surface area contributed by atoms with Gasteiger partial charge in [-0.3, -0.25) is 9.59 Å². The van der Waals surface area contributed by atoms with E-state index in [0.29, 0.717) is 18.9 Å². The average molecular weight is 253 g/mol. The topological polar surface area (TPSA) is 46.6 Å². The minimum absolute atomic E-state index is 0.139. The number of carbonyl (C=O) groups excluding carboxylic acids is 2. The summed E-state index contributed by atoms with van der Waals surface area (Å²) in [6, 6.07) is 0.280. The number of nitrogens with zero attached hydrogens (tertiary/aromatic N) is 1. The lowest BCUT2D eigenvalue weighted by molar-refractivity contribution is -0.148. The molecule has 102 valence electrons. The van der Waals surface area contributed by atoms with E-state index in [2.05, 4.69) is 0 Å². The molecule has 1 heterocycles. The number of rotatable bonds is 3. The Morgan fingerprint density at radius 1 is 1.28 bits per heavy atom. The Hall–Kier alpha value is -1.06. The number of amides is 1. The number of likely N-dealkylation sites (tertiary alicyclic amines) is 1. The Labute approximate surface area is 109 Å². The first-order valence-electron chi connectivity index (χ1n) is 7.17. The largest absolute Gasteiger partial charge is 0.465 e. The van der Waals surface area contributed by atoms with Crippen molar-refractivity contribution < 1.29 is 14.3 Å². The molecule has 0 spiro atoms. The molecule has 1 saturated carbocycles. The predicted molar refractivity (Wildman–Crippen MR) is 67.9 cm³/mol. The van der Waals surface area contributed by atoms with Crippen molar-refractivity contribution in [1.82, 2.24) is 4.90 Å². The number of carbonyl (C=O) groups is 2. The summed E-state index contributed by atoms with van der Waals surface area (Å²) in [5.74, 6) is 0.334. The van der Waals surface area contributed by atoms with Crippen LogP contribution in [0.2, 0.25) is 0 Å². The van der Waals surface area contributed by atoms with E-state index in [-0.39, 0.29) is 24.5 Å². The van der Waals surface area contributed by atoms with Crippen LogP contribution in [0.4, 0.5) is 0 Å². The highest BCUT2D eigenvalue weighted by Gasteiger charge is 2.40. The van der Waals surface area contributed by atoms with Crippen molar-refractivity contribution in [3.63, 3.8) is 0 Å². The van der Waals surface area contributed by atoms with Gasteiger partial charge < -0.3 is 9.64 Å². The summed E-state index contributed by atoms with van der Waals surface area (Å²) in [6.45, 7) is 2.32. The van der Waals surface area contributed by atoms with Gasteiger partial charge in [-0.05, 0) is 25.7 Å². The Bertz CT molecular complexity index is 316. The summed E-state index contributed by atoms with van der Waals surface area (Å²) < 4.78 is 4.95. The van der Waals surface area contributed by atoms with Crippen molar-refractivity contribution in [2.75, 3.05) is 13.2 Å². The van der Waals surface area contributed by atoms with Gasteiger partial charge >= 0.3 is 5.97 Å². The maximum atomic E-state index is 12.0. The van der Waals surface area contributed by atoms with Gasteiger partial charge in [-0.2, -0.15) is 0 Å². The summed E-state index contributed by atoms with van der Waals surface area (Å²) in [6.07, 6.45) is 7.75. The number of ether oxygens (including phenoxy) is 1. The summed E-state index contributed by atoms with van der Waals surface area (Å²) in [5, 5.41) is 0. The first kappa shape index (κ1) is 13.4. The van der Waals surface area contributed by atoms with Gasteiger partial charge in [-0.1, -0.05) is 25.7 Å². The third-order valence-electron chi connectivity index (χ3n) is 4.13. The number of hydrogen-bond acceptors (Lipinski definition) is 3. The average Bonchev–Trinajstić information content (AvgIpc) is 2.56. The van der Waals surface area contributed by atoms with Crippen molar-refractivity contribution in [1.29, 1.82) is 0 Å². The van der Waals surface area contributed by atoms with Crippen LogP contribution in [0.1, 0.15) is 51.9 Å². The van der Waals surface area contributed by atoms with Crippen LogP contribution in [0.25, 0.3) is 0 Å². The summed E-state index contributed by atoms with van der Waals surface area (Å²) >= 11 is 0. The Balaban J connectivity index is 1.99. The minimum Gasteiger partial charge on any atom is -0.465 e. The molecule has 0 N–H and O–H groups in total. The van der Waals surface area contributed by atoms with Crippen LogP contribution in [0.5, 0.6) is 0 Å². The molecule has 2 rings (SSSR count). The molecule has 4 heteroatoms. The van der Waals surface area contributed by atoms with Gasteiger partial charge in [0.2, 0.25) is 5.91 Å². The van der Waals surface area contributed by atoms with E-state index in [9.17, 15) is 9.59 Å². The maximum Gasteiger partial charge on any atom is 0.325 e. The molecular formula is C14H23NO3. The second kappa shape index (κ2) is 6.21. The minimum atomic E-state index is -0.270. The fourth-order valence-electron chi connectivity index (χ4n) is 3.27. The van der Waals surface area contributed by atoms with Gasteiger partial charge in [0.05, 0.1) is 6.61 Å². The Kier molecular flexibility index (Phi) is 4.61. The van der Waals surface area contributed by atoms with Crippen LogP contribution < -0.4 is 0 Å². The molecule has 1 aliphatic carbocycles. The Morgan fingerprint density at radius 2 is 2.00 bits per heavy atom. The normalized spacial score (nSPS) is 28.5. The molecule has 1 amide bonds. The smallest absolute Gasteiger partial charge is 0.325 e. The molecule has 1 saturated heterocycles. The summed E-state index contributed by atoms with van der Waals surface area (Å²) in [5.41, 5.74) is 0. The molecule has 0 aromatic rings. The molecule has 0 radical (unpaired) electrons. The molecule has 0 aromatic heterocycles. The molecule has 2 unspecified atom stereocenters. The molecule has 0 bridgehead atoms. The lowest BCUT2D eigenvalue weighted by Crippen LogP contribution is -2.40. The molecule has 2 fully saturated rings. The van der Waals surface area contributed by atoms with Gasteiger partial charge in [0.1, 0.15) is 6.54 Å². The van der Waals surface area contributed by atoms with Gasteiger partial charge in [0, 0.05) is 12.5 Å². The second-order valence-electron chi connectivity index (χ2n) is 5.35. The van der Waals surface area contributed by atoms with Crippen molar-refractivity contribution >= 4 is 11.9 Å². The van der Waals surface area contributed by atoms with Crippen LogP contribution in [-0.4, -0.2) is 36.0 Å². The fraction of sp³-hybridized carbons (Fsp3) is 0.857. The predicted octanol–water partition coefficient (Wildman–Crippen LogP) is 2.12. The van der Waals surface area contributed by atoms with Crippen LogP contribution >= 0.6 is 0 Å². The second-order valence-corrected chi connectivity index (χ2v) is 5.35. The lowest BCUT2D eigenvalue weighted by atomic mass is 9.87. The van der Waals surface area contributed by atoms with E-state index >= 15 is 0 Å². The standard InChI is InChI=1S/C14H23NO3/c1-2-18-14(17)10-15-12-8-6-4-3-5-7-11(12)9-13(15)16/h11-12H,2-10H2,1H3. The zero-order valence-corrected chi connectivity index (χ0v) is 11.2. The van der Waals surface area contributed by atoms with E-state index in [1.54, 1.807) is 11.8 Å². The van der Waals surface area contributed by atoms with Gasteiger partial charge in [0.25, 0.3) is 0 Å². The highest BCUT2D eigenvalue weighted by atomic mass is 16.5. The highest BCUT2D eigenvalue weighted by Crippen LogP contribution is 2.34. The van der Waals surface area contributed by atoms with E-state index in [0.717, 1.165) is 12.8 Å². The van der Waals surface area contributed by atoms with Crippen LogP contribution in [0.15, 0.2) is 0 Å². The van der Waals surface area contributed by atoms with Crippen molar-refractivity contribution in [3.05, 3.63) is 0 Å². The number of hydrogen-bond donors (Lipinski definition) is 0. The number of esters is 1. The molecule has 1 aliphatic heterocycles. The van der Waals surface area contributed by atoms with E-state index in [4.69, 9.17) is 4.74 Å². The van der Waals surface area contributed by atoms with Crippen LogP contribution in [0.3, 0.4) is 0 Å². The first-order chi connectivity index (χ1) is 8.72. The van der Waals surface area contributed by atoms with E-state index in [1.807, 2.05) is 0 Å². The summed E-state index contributed by atoms with van der Waals surface area (Å²) in [4.78, 5) is 25.4. The van der Waals surface area contributed by atoms with Gasteiger partial charge in [-0.15, -0.1) is 0 Å².